The van der Waals surface area contributed by atoms with Crippen LogP contribution in [-0.2, 0) is 4.65 Å². The zero-order valence-corrected chi connectivity index (χ0v) is 14.9. The summed E-state index contributed by atoms with van der Waals surface area (Å²) in [7, 11) is 0.610. The van der Waals surface area contributed by atoms with Gasteiger partial charge < -0.3 is 19.2 Å². The number of ether oxygens (including phenoxy) is 2. The highest BCUT2D eigenvalue weighted by atomic mass is 16.5. The maximum Gasteiger partial charge on any atom is 0.484 e. The number of rotatable bonds is 6. The third-order valence-electron chi connectivity index (χ3n) is 4.19. The number of methoxy groups -OCH3 is 1. The minimum atomic E-state index is -0.939. The Morgan fingerprint density at radius 2 is 2.00 bits per heavy atom. The fraction of sp³-hybridized carbons (Fsp3) is 0.250. The predicted molar refractivity (Wildman–Crippen MR) is 101 cm³/mol. The van der Waals surface area contributed by atoms with Crippen LogP contribution >= 0.6 is 0 Å². The van der Waals surface area contributed by atoms with Crippen LogP contribution in [0.2, 0.25) is 0 Å². The summed E-state index contributed by atoms with van der Waals surface area (Å²) in [6, 6.07) is 13.8. The summed E-state index contributed by atoms with van der Waals surface area (Å²) in [6.07, 6.45) is 0.809. The van der Waals surface area contributed by atoms with E-state index in [1.54, 1.807) is 13.1 Å². The Morgan fingerprint density at radius 1 is 1.23 bits per heavy atom. The molecule has 1 heterocycles. The summed E-state index contributed by atoms with van der Waals surface area (Å²) in [5.74, 6) is 2.55. The largest absolute Gasteiger partial charge is 0.492 e. The van der Waals surface area contributed by atoms with Crippen LogP contribution < -0.4 is 9.47 Å². The van der Waals surface area contributed by atoms with Crippen molar-refractivity contribution in [2.45, 2.75) is 13.3 Å². The molecule has 0 fully saturated rings. The lowest BCUT2D eigenvalue weighted by molar-refractivity contribution is 0.292. The van der Waals surface area contributed by atoms with Crippen LogP contribution in [0.5, 0.6) is 11.5 Å². The zero-order chi connectivity index (χ0) is 18.5. The van der Waals surface area contributed by atoms with Crippen molar-refractivity contribution in [3.05, 3.63) is 53.5 Å². The van der Waals surface area contributed by atoms with E-state index in [0.29, 0.717) is 23.7 Å². The topological polar surface area (TPSA) is 71.7 Å². The van der Waals surface area contributed by atoms with Crippen molar-refractivity contribution < 1.29 is 19.2 Å². The van der Waals surface area contributed by atoms with Gasteiger partial charge in [0.05, 0.1) is 20.3 Å². The number of hydrogen-bond donors (Lipinski definition) is 1. The van der Waals surface area contributed by atoms with E-state index >= 15 is 0 Å². The van der Waals surface area contributed by atoms with Crippen molar-refractivity contribution in [3.8, 4) is 28.7 Å². The van der Waals surface area contributed by atoms with Gasteiger partial charge in [0, 0.05) is 11.1 Å². The molecule has 0 aliphatic carbocycles. The highest BCUT2D eigenvalue weighted by Crippen LogP contribution is 2.44. The van der Waals surface area contributed by atoms with Crippen molar-refractivity contribution in [2.24, 2.45) is 0 Å². The SMILES string of the molecule is CCCOc1c(C#N)c(-c2ccccc2)cc(C2=CB(O)OC2)c1OC. The Bertz CT molecular complexity index is 858. The lowest BCUT2D eigenvalue weighted by Gasteiger charge is -2.19. The minimum absolute atomic E-state index is 0.269. The van der Waals surface area contributed by atoms with Gasteiger partial charge in [-0.15, -0.1) is 0 Å². The summed E-state index contributed by atoms with van der Waals surface area (Å²) in [5, 5.41) is 19.5. The number of hydrogen-bond acceptors (Lipinski definition) is 5. The van der Waals surface area contributed by atoms with Crippen LogP contribution in [0, 0.1) is 11.3 Å². The summed E-state index contributed by atoms with van der Waals surface area (Å²) in [4.78, 5) is 0. The molecule has 26 heavy (non-hydrogen) atoms. The second-order valence-electron chi connectivity index (χ2n) is 5.93. The summed E-state index contributed by atoms with van der Waals surface area (Å²) in [6.45, 7) is 2.75. The molecule has 0 bridgehead atoms. The van der Waals surface area contributed by atoms with Crippen molar-refractivity contribution >= 4 is 12.7 Å². The average molecular weight is 349 g/mol. The van der Waals surface area contributed by atoms with Crippen LogP contribution in [0.25, 0.3) is 16.7 Å². The second-order valence-corrected chi connectivity index (χ2v) is 5.93. The van der Waals surface area contributed by atoms with Crippen LogP contribution in [-0.4, -0.2) is 32.5 Å². The van der Waals surface area contributed by atoms with E-state index in [9.17, 15) is 10.3 Å². The van der Waals surface area contributed by atoms with Crippen LogP contribution in [0.3, 0.4) is 0 Å². The van der Waals surface area contributed by atoms with Crippen molar-refractivity contribution in [3.63, 3.8) is 0 Å². The second kappa shape index (κ2) is 8.09. The van der Waals surface area contributed by atoms with Gasteiger partial charge >= 0.3 is 7.12 Å². The Labute approximate surface area is 153 Å². The van der Waals surface area contributed by atoms with E-state index in [2.05, 4.69) is 6.07 Å². The maximum atomic E-state index is 9.81. The molecule has 3 rings (SSSR count). The molecule has 2 aromatic rings. The molecule has 0 radical (unpaired) electrons. The van der Waals surface area contributed by atoms with Gasteiger partial charge in [-0.3, -0.25) is 0 Å². The van der Waals surface area contributed by atoms with Gasteiger partial charge in [0.2, 0.25) is 0 Å². The van der Waals surface area contributed by atoms with E-state index in [1.807, 2.05) is 43.3 Å². The fourth-order valence-electron chi connectivity index (χ4n) is 2.99. The molecule has 0 atom stereocenters. The molecule has 6 heteroatoms. The molecule has 0 aromatic heterocycles. The normalized spacial score (nSPS) is 13.3. The molecular formula is C20H20BNO4. The minimum Gasteiger partial charge on any atom is -0.492 e. The van der Waals surface area contributed by atoms with Crippen molar-refractivity contribution in [2.75, 3.05) is 20.3 Å². The van der Waals surface area contributed by atoms with Crippen LogP contribution in [0.15, 0.2) is 42.4 Å². The first-order valence-corrected chi connectivity index (χ1v) is 8.53. The lowest BCUT2D eigenvalue weighted by Crippen LogP contribution is -2.07. The molecule has 5 nitrogen and oxygen atoms in total. The quantitative estimate of drug-likeness (QED) is 0.809. The monoisotopic (exact) mass is 349 g/mol. The average Bonchev–Trinajstić information content (AvgIpc) is 3.11. The Balaban J connectivity index is 2.27. The van der Waals surface area contributed by atoms with E-state index in [1.165, 1.54) is 0 Å². The van der Waals surface area contributed by atoms with E-state index in [-0.39, 0.29) is 6.61 Å². The number of benzene rings is 2. The van der Waals surface area contributed by atoms with Crippen LogP contribution in [0.4, 0.5) is 0 Å². The van der Waals surface area contributed by atoms with Gasteiger partial charge in [0.15, 0.2) is 11.5 Å². The highest BCUT2D eigenvalue weighted by Gasteiger charge is 2.27. The van der Waals surface area contributed by atoms with Gasteiger partial charge in [-0.05, 0) is 29.6 Å². The van der Waals surface area contributed by atoms with Crippen molar-refractivity contribution in [1.82, 2.24) is 0 Å². The maximum absolute atomic E-state index is 9.81. The fourth-order valence-corrected chi connectivity index (χ4v) is 2.99. The Kier molecular flexibility index (Phi) is 5.62. The number of nitrogens with zero attached hydrogens (tertiary/aromatic N) is 1. The smallest absolute Gasteiger partial charge is 0.484 e. The first-order valence-electron chi connectivity index (χ1n) is 8.53. The molecule has 0 spiro atoms. The van der Waals surface area contributed by atoms with Gasteiger partial charge in [0.25, 0.3) is 0 Å². The molecular weight excluding hydrogens is 329 g/mol. The molecule has 1 aliphatic heterocycles. The first kappa shape index (κ1) is 18.1. The predicted octanol–water partition coefficient (Wildman–Crippen LogP) is 3.46. The number of nitriles is 1. The highest BCUT2D eigenvalue weighted by molar-refractivity contribution is 6.52. The molecule has 0 saturated carbocycles. The Morgan fingerprint density at radius 3 is 2.58 bits per heavy atom. The molecule has 1 aliphatic rings. The standard InChI is InChI=1S/C20H20BNO4/c1-3-9-25-20-18(12-22)16(14-7-5-4-6-8-14)10-17(19(20)24-2)15-11-21(23)26-13-15/h4-8,10-11,23H,3,9,13H2,1-2H3. The molecule has 0 amide bonds. The van der Waals surface area contributed by atoms with E-state index in [4.69, 9.17) is 14.1 Å². The lowest BCUT2D eigenvalue weighted by atomic mass is 9.87. The third kappa shape index (κ3) is 3.45. The zero-order valence-electron chi connectivity index (χ0n) is 14.9. The van der Waals surface area contributed by atoms with Gasteiger partial charge in [0.1, 0.15) is 11.6 Å². The molecule has 0 unspecified atom stereocenters. The van der Waals surface area contributed by atoms with E-state index in [0.717, 1.165) is 28.7 Å². The van der Waals surface area contributed by atoms with E-state index < -0.39 is 7.12 Å². The third-order valence-corrected chi connectivity index (χ3v) is 4.19. The van der Waals surface area contributed by atoms with Crippen LogP contribution in [0.1, 0.15) is 24.5 Å². The Hall–Kier alpha value is -2.75. The molecule has 0 saturated heterocycles. The van der Waals surface area contributed by atoms with Crippen molar-refractivity contribution in [1.29, 1.82) is 5.26 Å². The summed E-state index contributed by atoms with van der Waals surface area (Å²) >= 11 is 0. The first-order chi connectivity index (χ1) is 12.7. The molecule has 1 N–H and O–H groups in total. The summed E-state index contributed by atoms with van der Waals surface area (Å²) < 4.78 is 16.8. The summed E-state index contributed by atoms with van der Waals surface area (Å²) in [5.41, 5.74) is 3.67. The van der Waals surface area contributed by atoms with Gasteiger partial charge in [-0.1, -0.05) is 37.3 Å². The molecule has 132 valence electrons. The molecule has 2 aromatic carbocycles. The van der Waals surface area contributed by atoms with Gasteiger partial charge in [-0.2, -0.15) is 5.26 Å². The van der Waals surface area contributed by atoms with Gasteiger partial charge in [-0.25, -0.2) is 0 Å².